The summed E-state index contributed by atoms with van der Waals surface area (Å²) in [6.45, 7) is 2.03. The Morgan fingerprint density at radius 2 is 2.17 bits per heavy atom. The van der Waals surface area contributed by atoms with Gasteiger partial charge in [0.05, 0.1) is 24.8 Å². The summed E-state index contributed by atoms with van der Waals surface area (Å²) in [4.78, 5) is 24.8. The molecule has 2 aromatic rings. The van der Waals surface area contributed by atoms with Crippen molar-refractivity contribution < 1.29 is 37.6 Å². The van der Waals surface area contributed by atoms with Crippen LogP contribution >= 0.6 is 0 Å². The summed E-state index contributed by atoms with van der Waals surface area (Å²) in [6, 6.07) is 6.11. The molecular weight excluding hydrogens is 401 g/mol. The molecule has 30 heavy (non-hydrogen) atoms. The highest BCUT2D eigenvalue weighted by Crippen LogP contribution is 2.32. The van der Waals surface area contributed by atoms with E-state index in [-0.39, 0.29) is 6.42 Å². The number of nitrogens with one attached hydrogen (secondary N) is 1. The molecule has 0 bridgehead atoms. The Bertz CT molecular complexity index is 935. The molecule has 1 aliphatic rings. The zero-order chi connectivity index (χ0) is 21.9. The number of carbonyl (C=O) groups excluding carboxylic acids is 2. The second-order valence-corrected chi connectivity index (χ2v) is 7.11. The Kier molecular flexibility index (Phi) is 6.42. The third kappa shape index (κ3) is 4.97. The summed E-state index contributed by atoms with van der Waals surface area (Å²) in [5.41, 5.74) is 1.25. The van der Waals surface area contributed by atoms with Crippen molar-refractivity contribution in [3.8, 4) is 0 Å². The van der Waals surface area contributed by atoms with E-state index in [4.69, 9.17) is 9.15 Å². The first-order chi connectivity index (χ1) is 14.2. The van der Waals surface area contributed by atoms with E-state index in [0.29, 0.717) is 11.1 Å². The fraction of sp³-hybridized carbons (Fsp3) is 0.368. The minimum absolute atomic E-state index is 0.0341. The molecule has 3 rings (SSSR count). The Hall–Kier alpha value is -2.92. The van der Waals surface area contributed by atoms with Gasteiger partial charge in [0.1, 0.15) is 12.2 Å². The predicted molar refractivity (Wildman–Crippen MR) is 104 cm³/mol. The monoisotopic (exact) mass is 422 g/mol. The number of hydrogen-bond donors (Lipinski definition) is 3. The fourth-order valence-electron chi connectivity index (χ4n) is 3.45. The van der Waals surface area contributed by atoms with E-state index in [2.05, 4.69) is 11.9 Å². The lowest BCUT2D eigenvalue weighted by atomic mass is 9.76. The van der Waals surface area contributed by atoms with Crippen LogP contribution in [-0.2, 0) is 16.0 Å². The number of hydrogen-bond acceptors (Lipinski definition) is 6. The number of ether oxygens (including phenoxy) is 1. The number of carbonyl (C=O) groups is 2. The van der Waals surface area contributed by atoms with Gasteiger partial charge in [-0.05, 0) is 24.1 Å². The van der Waals surface area contributed by atoms with Crippen molar-refractivity contribution in [2.75, 3.05) is 13.2 Å². The van der Waals surface area contributed by atoms with E-state index >= 15 is 0 Å². The zero-order valence-corrected chi connectivity index (χ0v) is 16.0. The van der Waals surface area contributed by atoms with Crippen molar-refractivity contribution in [3.05, 3.63) is 48.7 Å². The summed E-state index contributed by atoms with van der Waals surface area (Å²) in [6.07, 6.45) is 0.732. The SMILES string of the molecule is C=CC(=O)N1CC(F)(F)CC1COC(=O)NC(Cc1coc2ccccc12)B(O)O. The Morgan fingerprint density at radius 1 is 1.43 bits per heavy atom. The normalized spacial score (nSPS) is 18.8. The number of alkyl carbamates (subject to hydrolysis) is 1. The maximum atomic E-state index is 13.7. The summed E-state index contributed by atoms with van der Waals surface area (Å²) in [5.74, 6) is -4.90. The van der Waals surface area contributed by atoms with Gasteiger partial charge in [-0.25, -0.2) is 13.6 Å². The number of fused-ring (bicyclic) bond motifs is 1. The number of halogens is 2. The van der Waals surface area contributed by atoms with Gasteiger partial charge in [0.15, 0.2) is 0 Å². The van der Waals surface area contributed by atoms with Crippen LogP contribution < -0.4 is 5.32 Å². The van der Waals surface area contributed by atoms with Gasteiger partial charge in [0.2, 0.25) is 5.91 Å². The van der Waals surface area contributed by atoms with Crippen LogP contribution in [0, 0.1) is 0 Å². The first-order valence-corrected chi connectivity index (χ1v) is 9.25. The summed E-state index contributed by atoms with van der Waals surface area (Å²) >= 11 is 0. The molecule has 0 spiro atoms. The van der Waals surface area contributed by atoms with Gasteiger partial charge in [0, 0.05) is 11.8 Å². The zero-order valence-electron chi connectivity index (χ0n) is 16.0. The van der Waals surface area contributed by atoms with Crippen molar-refractivity contribution in [3.63, 3.8) is 0 Å². The van der Waals surface area contributed by atoms with Crippen LogP contribution in [0.2, 0.25) is 0 Å². The number of rotatable bonds is 7. The number of amides is 2. The van der Waals surface area contributed by atoms with E-state index in [1.807, 2.05) is 0 Å². The molecule has 0 radical (unpaired) electrons. The first kappa shape index (κ1) is 21.8. The van der Waals surface area contributed by atoms with Crippen molar-refractivity contribution >= 4 is 30.1 Å². The molecule has 0 saturated carbocycles. The fourth-order valence-corrected chi connectivity index (χ4v) is 3.45. The third-order valence-electron chi connectivity index (χ3n) is 4.91. The Morgan fingerprint density at radius 3 is 2.87 bits per heavy atom. The van der Waals surface area contributed by atoms with Gasteiger partial charge in [-0.3, -0.25) is 4.79 Å². The molecule has 0 aliphatic carbocycles. The highest BCUT2D eigenvalue weighted by Gasteiger charge is 2.47. The largest absolute Gasteiger partial charge is 0.475 e. The molecule has 2 atom stereocenters. The van der Waals surface area contributed by atoms with E-state index in [1.54, 1.807) is 24.3 Å². The summed E-state index contributed by atoms with van der Waals surface area (Å²) in [7, 11) is -1.90. The molecule has 160 valence electrons. The Balaban J connectivity index is 1.60. The van der Waals surface area contributed by atoms with Crippen LogP contribution in [0.1, 0.15) is 12.0 Å². The van der Waals surface area contributed by atoms with Crippen LogP contribution in [-0.4, -0.2) is 65.1 Å². The second-order valence-electron chi connectivity index (χ2n) is 7.11. The lowest BCUT2D eigenvalue weighted by Crippen LogP contribution is -2.48. The quantitative estimate of drug-likeness (QED) is 0.461. The van der Waals surface area contributed by atoms with E-state index in [9.17, 15) is 28.4 Å². The lowest BCUT2D eigenvalue weighted by molar-refractivity contribution is -0.128. The molecule has 1 aliphatic heterocycles. The summed E-state index contributed by atoms with van der Waals surface area (Å²) in [5, 5.41) is 22.3. The van der Waals surface area contributed by atoms with Gasteiger partial charge in [-0.15, -0.1) is 0 Å². The van der Waals surface area contributed by atoms with Gasteiger partial charge in [-0.1, -0.05) is 24.8 Å². The average Bonchev–Trinajstić information content (AvgIpc) is 3.25. The third-order valence-corrected chi connectivity index (χ3v) is 4.91. The van der Waals surface area contributed by atoms with Crippen molar-refractivity contribution in [2.45, 2.75) is 30.7 Å². The van der Waals surface area contributed by atoms with Gasteiger partial charge in [0.25, 0.3) is 5.92 Å². The molecule has 2 amide bonds. The molecular formula is C19H21BF2N2O6. The average molecular weight is 422 g/mol. The number of alkyl halides is 2. The van der Waals surface area contributed by atoms with Crippen LogP contribution in [0.5, 0.6) is 0 Å². The van der Waals surface area contributed by atoms with Crippen molar-refractivity contribution in [1.29, 1.82) is 0 Å². The van der Waals surface area contributed by atoms with Crippen LogP contribution in [0.3, 0.4) is 0 Å². The molecule has 1 fully saturated rings. The lowest BCUT2D eigenvalue weighted by Gasteiger charge is -2.23. The highest BCUT2D eigenvalue weighted by molar-refractivity contribution is 6.43. The van der Waals surface area contributed by atoms with Gasteiger partial charge in [-0.2, -0.15) is 0 Å². The standard InChI is InChI=1S/C19H21BF2N2O6/c1-2-17(25)24-11-19(21,22)8-13(24)10-30-18(26)23-16(20(27)28)7-12-9-29-15-6-4-3-5-14(12)15/h2-6,9,13,16,27-28H,1,7-8,10-11H2,(H,23,26). The first-order valence-electron chi connectivity index (χ1n) is 9.25. The second kappa shape index (κ2) is 8.84. The molecule has 2 heterocycles. The van der Waals surface area contributed by atoms with Gasteiger partial charge >= 0.3 is 13.2 Å². The van der Waals surface area contributed by atoms with Crippen molar-refractivity contribution in [1.82, 2.24) is 10.2 Å². The molecule has 1 saturated heterocycles. The van der Waals surface area contributed by atoms with Crippen LogP contribution in [0.15, 0.2) is 47.6 Å². The Labute approximate surface area is 171 Å². The minimum Gasteiger partial charge on any atom is -0.464 e. The van der Waals surface area contributed by atoms with Gasteiger partial charge < -0.3 is 29.4 Å². The maximum absolute atomic E-state index is 13.7. The topological polar surface area (TPSA) is 112 Å². The molecule has 1 aromatic carbocycles. The smallest absolute Gasteiger partial charge is 0.464 e. The van der Waals surface area contributed by atoms with Crippen molar-refractivity contribution in [2.24, 2.45) is 0 Å². The maximum Gasteiger partial charge on any atom is 0.475 e. The number of benzene rings is 1. The van der Waals surface area contributed by atoms with E-state index < -0.39 is 56.6 Å². The number of nitrogens with zero attached hydrogens (tertiary/aromatic N) is 1. The number of para-hydroxylation sites is 1. The highest BCUT2D eigenvalue weighted by atomic mass is 19.3. The molecule has 2 unspecified atom stereocenters. The van der Waals surface area contributed by atoms with E-state index in [1.165, 1.54) is 6.26 Å². The van der Waals surface area contributed by atoms with E-state index in [0.717, 1.165) is 16.4 Å². The molecule has 11 heteroatoms. The number of furan rings is 1. The van der Waals surface area contributed by atoms with Crippen LogP contribution in [0.4, 0.5) is 13.6 Å². The minimum atomic E-state index is -3.09. The predicted octanol–water partition coefficient (Wildman–Crippen LogP) is 1.50. The summed E-state index contributed by atoms with van der Waals surface area (Å²) < 4.78 is 37.7. The number of likely N-dealkylation sites (tertiary alicyclic amines) is 1. The molecule has 8 nitrogen and oxygen atoms in total. The molecule has 1 aromatic heterocycles. The van der Waals surface area contributed by atoms with Crippen LogP contribution in [0.25, 0.3) is 11.0 Å². The molecule has 3 N–H and O–H groups in total.